The van der Waals surface area contributed by atoms with E-state index in [9.17, 15) is 8.78 Å². The Morgan fingerprint density at radius 2 is 1.67 bits per heavy atom. The highest BCUT2D eigenvalue weighted by molar-refractivity contribution is 5.62. The standard InChI is InChI=1S/C24H26F2N6O/c1-30-7-9-31(10-8-30)21-4-2-20(3-5-21)29-23-15-24(28-16-27-23)32-22(6-11-33-32)17-12-18(25)14-19(26)13-17/h2-5,12-16,22H,6-11H2,1H3,(H,27,28,29)/t22-/m1/s1. The molecule has 0 spiro atoms. The molecule has 0 saturated carbocycles. The van der Waals surface area contributed by atoms with Crippen molar-refractivity contribution in [1.29, 1.82) is 0 Å². The smallest absolute Gasteiger partial charge is 0.158 e. The van der Waals surface area contributed by atoms with Gasteiger partial charge in [-0.3, -0.25) is 4.84 Å². The number of nitrogens with one attached hydrogen (secondary N) is 1. The van der Waals surface area contributed by atoms with Crippen molar-refractivity contribution in [3.63, 3.8) is 0 Å². The van der Waals surface area contributed by atoms with Crippen LogP contribution in [0.5, 0.6) is 0 Å². The second kappa shape index (κ2) is 9.29. The van der Waals surface area contributed by atoms with Gasteiger partial charge >= 0.3 is 0 Å². The highest BCUT2D eigenvalue weighted by Gasteiger charge is 2.30. The molecule has 0 aliphatic carbocycles. The van der Waals surface area contributed by atoms with Crippen LogP contribution in [0.15, 0.2) is 54.9 Å². The molecule has 1 aromatic heterocycles. The zero-order valence-electron chi connectivity index (χ0n) is 18.4. The predicted octanol–water partition coefficient (Wildman–Crippen LogP) is 4.13. The Kier molecular flexibility index (Phi) is 6.06. The van der Waals surface area contributed by atoms with Gasteiger partial charge in [-0.25, -0.2) is 23.8 Å². The summed E-state index contributed by atoms with van der Waals surface area (Å²) in [5.74, 6) is -0.0930. The van der Waals surface area contributed by atoms with Crippen LogP contribution in [0, 0.1) is 11.6 Å². The van der Waals surface area contributed by atoms with Crippen molar-refractivity contribution in [1.82, 2.24) is 14.9 Å². The Hall–Kier alpha value is -3.30. The zero-order valence-corrected chi connectivity index (χ0v) is 18.4. The van der Waals surface area contributed by atoms with Crippen LogP contribution in [-0.2, 0) is 4.84 Å². The second-order valence-corrected chi connectivity index (χ2v) is 8.39. The van der Waals surface area contributed by atoms with Gasteiger partial charge in [0.25, 0.3) is 0 Å². The third-order valence-corrected chi connectivity index (χ3v) is 6.06. The van der Waals surface area contributed by atoms with Crippen LogP contribution in [0.25, 0.3) is 0 Å². The number of aromatic nitrogens is 2. The van der Waals surface area contributed by atoms with E-state index in [1.165, 1.54) is 24.1 Å². The van der Waals surface area contributed by atoms with Crippen LogP contribution in [0.3, 0.4) is 0 Å². The van der Waals surface area contributed by atoms with E-state index in [2.05, 4.69) is 44.3 Å². The minimum absolute atomic E-state index is 0.333. The topological polar surface area (TPSA) is 56.8 Å². The van der Waals surface area contributed by atoms with E-state index in [0.717, 1.165) is 37.9 Å². The molecule has 2 fully saturated rings. The summed E-state index contributed by atoms with van der Waals surface area (Å²) in [6.45, 7) is 4.59. The lowest BCUT2D eigenvalue weighted by Crippen LogP contribution is -2.44. The highest BCUT2D eigenvalue weighted by Crippen LogP contribution is 2.35. The predicted molar refractivity (Wildman–Crippen MR) is 124 cm³/mol. The number of hydroxylamine groups is 1. The molecule has 2 saturated heterocycles. The first kappa shape index (κ1) is 21.5. The summed E-state index contributed by atoms with van der Waals surface area (Å²) in [5, 5.41) is 4.89. The minimum atomic E-state index is -0.609. The summed E-state index contributed by atoms with van der Waals surface area (Å²) in [5.41, 5.74) is 2.62. The summed E-state index contributed by atoms with van der Waals surface area (Å²) in [4.78, 5) is 19.1. The maximum atomic E-state index is 13.7. The fourth-order valence-electron chi connectivity index (χ4n) is 4.27. The van der Waals surface area contributed by atoms with Gasteiger partial charge in [-0.1, -0.05) is 0 Å². The molecule has 0 bridgehead atoms. The third-order valence-electron chi connectivity index (χ3n) is 6.06. The van der Waals surface area contributed by atoms with Crippen molar-refractivity contribution in [2.75, 3.05) is 55.1 Å². The summed E-state index contributed by atoms with van der Waals surface area (Å²) >= 11 is 0. The van der Waals surface area contributed by atoms with E-state index in [0.29, 0.717) is 30.2 Å². The van der Waals surface area contributed by atoms with Gasteiger partial charge < -0.3 is 15.1 Å². The molecule has 2 aliphatic rings. The molecule has 2 aliphatic heterocycles. The summed E-state index contributed by atoms with van der Waals surface area (Å²) < 4.78 is 27.5. The number of benzene rings is 2. The van der Waals surface area contributed by atoms with Gasteiger partial charge in [0, 0.05) is 56.1 Å². The number of likely N-dealkylation sites (N-methyl/N-ethyl adjacent to an activating group) is 1. The summed E-state index contributed by atoms with van der Waals surface area (Å²) in [6, 6.07) is 13.2. The van der Waals surface area contributed by atoms with E-state index < -0.39 is 11.6 Å². The van der Waals surface area contributed by atoms with E-state index in [1.807, 2.05) is 12.1 Å². The van der Waals surface area contributed by atoms with Gasteiger partial charge in [0.1, 0.15) is 23.8 Å². The first-order chi connectivity index (χ1) is 16.0. The van der Waals surface area contributed by atoms with E-state index in [-0.39, 0.29) is 6.04 Å². The van der Waals surface area contributed by atoms with Gasteiger partial charge in [0.05, 0.1) is 12.6 Å². The molecular formula is C24H26F2N6O. The Balaban J connectivity index is 1.30. The number of hydrogen-bond donors (Lipinski definition) is 1. The van der Waals surface area contributed by atoms with Crippen molar-refractivity contribution >= 4 is 23.0 Å². The number of halogens is 2. The molecule has 33 heavy (non-hydrogen) atoms. The van der Waals surface area contributed by atoms with E-state index in [1.54, 1.807) is 11.1 Å². The monoisotopic (exact) mass is 452 g/mol. The molecule has 3 aromatic rings. The molecule has 1 N–H and O–H groups in total. The van der Waals surface area contributed by atoms with Crippen LogP contribution in [0.4, 0.5) is 31.8 Å². The quantitative estimate of drug-likeness (QED) is 0.625. The number of anilines is 4. The van der Waals surface area contributed by atoms with E-state index in [4.69, 9.17) is 4.84 Å². The molecular weight excluding hydrogens is 426 g/mol. The van der Waals surface area contributed by atoms with Crippen LogP contribution in [0.2, 0.25) is 0 Å². The number of piperazine rings is 1. The fourth-order valence-corrected chi connectivity index (χ4v) is 4.27. The van der Waals surface area contributed by atoms with Crippen LogP contribution in [0.1, 0.15) is 18.0 Å². The largest absolute Gasteiger partial charge is 0.369 e. The van der Waals surface area contributed by atoms with Crippen molar-refractivity contribution in [2.45, 2.75) is 12.5 Å². The van der Waals surface area contributed by atoms with Crippen molar-refractivity contribution in [2.24, 2.45) is 0 Å². The zero-order chi connectivity index (χ0) is 22.8. The van der Waals surface area contributed by atoms with Crippen molar-refractivity contribution in [3.05, 3.63) is 72.1 Å². The lowest BCUT2D eigenvalue weighted by molar-refractivity contribution is 0.156. The lowest BCUT2D eigenvalue weighted by atomic mass is 10.0. The van der Waals surface area contributed by atoms with Crippen molar-refractivity contribution < 1.29 is 13.6 Å². The molecule has 2 aromatic carbocycles. The number of hydrogen-bond acceptors (Lipinski definition) is 7. The Bertz CT molecular complexity index is 1080. The molecule has 9 heteroatoms. The van der Waals surface area contributed by atoms with Crippen LogP contribution >= 0.6 is 0 Å². The molecule has 1 atom stereocenters. The molecule has 3 heterocycles. The average Bonchev–Trinajstić information content (AvgIpc) is 3.30. The summed E-state index contributed by atoms with van der Waals surface area (Å²) in [6.07, 6.45) is 2.05. The fraction of sp³-hybridized carbons (Fsp3) is 0.333. The second-order valence-electron chi connectivity index (χ2n) is 8.39. The Labute approximate surface area is 191 Å². The van der Waals surface area contributed by atoms with Crippen LogP contribution < -0.4 is 15.3 Å². The normalized spacial score (nSPS) is 19.2. The SMILES string of the molecule is CN1CCN(c2ccc(Nc3cc(N4OCC[C@@H]4c4cc(F)cc(F)c4)ncn3)cc2)CC1. The van der Waals surface area contributed by atoms with Gasteiger partial charge in [-0.05, 0) is 49.0 Å². The summed E-state index contributed by atoms with van der Waals surface area (Å²) in [7, 11) is 2.14. The van der Waals surface area contributed by atoms with Gasteiger partial charge in [0.15, 0.2) is 5.82 Å². The lowest BCUT2D eigenvalue weighted by Gasteiger charge is -2.34. The van der Waals surface area contributed by atoms with Gasteiger partial charge in [-0.2, -0.15) is 0 Å². The van der Waals surface area contributed by atoms with Gasteiger partial charge in [0.2, 0.25) is 0 Å². The maximum absolute atomic E-state index is 13.7. The number of nitrogens with zero attached hydrogens (tertiary/aromatic N) is 5. The molecule has 0 amide bonds. The molecule has 172 valence electrons. The molecule has 5 rings (SSSR count). The molecule has 0 radical (unpaired) electrons. The van der Waals surface area contributed by atoms with E-state index >= 15 is 0 Å². The first-order valence-electron chi connectivity index (χ1n) is 11.1. The number of rotatable bonds is 5. The van der Waals surface area contributed by atoms with Crippen molar-refractivity contribution in [3.8, 4) is 0 Å². The molecule has 0 unspecified atom stereocenters. The average molecular weight is 453 g/mol. The maximum Gasteiger partial charge on any atom is 0.158 e. The first-order valence-corrected chi connectivity index (χ1v) is 11.1. The van der Waals surface area contributed by atoms with Gasteiger partial charge in [-0.15, -0.1) is 0 Å². The highest BCUT2D eigenvalue weighted by atomic mass is 19.1. The Morgan fingerprint density at radius 1 is 0.939 bits per heavy atom. The van der Waals surface area contributed by atoms with Crippen LogP contribution in [-0.4, -0.2) is 54.7 Å². The molecule has 7 nitrogen and oxygen atoms in total. The Morgan fingerprint density at radius 3 is 2.39 bits per heavy atom. The third kappa shape index (κ3) is 4.89. The minimum Gasteiger partial charge on any atom is -0.369 e.